The summed E-state index contributed by atoms with van der Waals surface area (Å²) >= 11 is 5.57. The number of hydrogen-bond donors (Lipinski definition) is 2. The van der Waals surface area contributed by atoms with E-state index in [4.69, 9.17) is 16.7 Å². The molecule has 2 N–H and O–H groups in total. The van der Waals surface area contributed by atoms with Gasteiger partial charge in [-0.3, -0.25) is 14.9 Å². The Morgan fingerprint density at radius 3 is 2.94 bits per heavy atom. The molecule has 1 heterocycles. The molecule has 0 aliphatic rings. The number of aliphatic hydroxyl groups is 1. The Bertz CT molecular complexity index is 450. The molecule has 92 valence electrons. The second-order valence-corrected chi connectivity index (χ2v) is 3.73. The number of hydrogen-bond acceptors (Lipinski definition) is 5. The van der Waals surface area contributed by atoms with E-state index in [1.54, 1.807) is 0 Å². The lowest BCUT2D eigenvalue weighted by atomic mass is 10.2. The summed E-state index contributed by atoms with van der Waals surface area (Å²) in [6.45, 7) is 1.48. The molecule has 0 saturated heterocycles. The van der Waals surface area contributed by atoms with Crippen LogP contribution in [0.25, 0.3) is 0 Å². The summed E-state index contributed by atoms with van der Waals surface area (Å²) in [4.78, 5) is 25.1. The number of nitro groups is 1. The van der Waals surface area contributed by atoms with Crippen molar-refractivity contribution in [3.05, 3.63) is 33.1 Å². The second kappa shape index (κ2) is 5.55. The summed E-state index contributed by atoms with van der Waals surface area (Å²) in [5.41, 5.74) is -0.617. The van der Waals surface area contributed by atoms with E-state index in [1.807, 2.05) is 0 Å². The van der Waals surface area contributed by atoms with Crippen molar-refractivity contribution in [3.8, 4) is 0 Å². The van der Waals surface area contributed by atoms with Crippen LogP contribution in [0.3, 0.4) is 0 Å². The van der Waals surface area contributed by atoms with Crippen LogP contribution in [0.1, 0.15) is 17.3 Å². The van der Waals surface area contributed by atoms with Crippen molar-refractivity contribution in [1.29, 1.82) is 0 Å². The van der Waals surface area contributed by atoms with Crippen LogP contribution in [-0.4, -0.2) is 33.6 Å². The van der Waals surface area contributed by atoms with Crippen LogP contribution in [0.2, 0.25) is 5.15 Å². The summed E-state index contributed by atoms with van der Waals surface area (Å²) in [5.74, 6) is -0.679. The lowest BCUT2D eigenvalue weighted by Crippen LogP contribution is -2.31. The number of aliphatic hydroxyl groups excluding tert-OH is 1. The van der Waals surface area contributed by atoms with Gasteiger partial charge in [0.2, 0.25) is 0 Å². The Hall–Kier alpha value is -1.73. The number of aromatic nitrogens is 1. The van der Waals surface area contributed by atoms with Gasteiger partial charge in [-0.25, -0.2) is 4.98 Å². The van der Waals surface area contributed by atoms with Crippen molar-refractivity contribution in [2.45, 2.75) is 13.0 Å². The molecule has 0 unspecified atom stereocenters. The fourth-order valence-electron chi connectivity index (χ4n) is 1.09. The maximum Gasteiger partial charge on any atom is 0.300 e. The number of nitrogens with zero attached hydrogens (tertiary/aromatic N) is 2. The van der Waals surface area contributed by atoms with Gasteiger partial charge in [0.15, 0.2) is 0 Å². The summed E-state index contributed by atoms with van der Waals surface area (Å²) in [5, 5.41) is 22.0. The number of pyridine rings is 1. The second-order valence-electron chi connectivity index (χ2n) is 3.34. The van der Waals surface area contributed by atoms with Gasteiger partial charge in [0, 0.05) is 6.54 Å². The van der Waals surface area contributed by atoms with Crippen molar-refractivity contribution in [1.82, 2.24) is 10.3 Å². The van der Waals surface area contributed by atoms with Crippen molar-refractivity contribution >= 4 is 23.2 Å². The average molecular weight is 260 g/mol. The number of amides is 1. The maximum atomic E-state index is 11.6. The van der Waals surface area contributed by atoms with Crippen molar-refractivity contribution < 1.29 is 14.8 Å². The number of carbonyl (C=O) groups is 1. The van der Waals surface area contributed by atoms with Crippen LogP contribution in [0.15, 0.2) is 12.3 Å². The first-order chi connectivity index (χ1) is 7.91. The molecular formula is C9H10ClN3O4. The van der Waals surface area contributed by atoms with Crippen LogP contribution in [0.5, 0.6) is 0 Å². The minimum Gasteiger partial charge on any atom is -0.392 e. The highest BCUT2D eigenvalue weighted by molar-refractivity contribution is 6.29. The van der Waals surface area contributed by atoms with Crippen LogP contribution < -0.4 is 5.32 Å². The van der Waals surface area contributed by atoms with Crippen LogP contribution in [-0.2, 0) is 0 Å². The molecule has 1 amide bonds. The number of rotatable bonds is 4. The summed E-state index contributed by atoms with van der Waals surface area (Å²) < 4.78 is 0. The molecule has 0 bridgehead atoms. The van der Waals surface area contributed by atoms with Crippen LogP contribution in [0, 0.1) is 10.1 Å². The zero-order valence-corrected chi connectivity index (χ0v) is 9.64. The molecule has 0 spiro atoms. The van der Waals surface area contributed by atoms with E-state index in [1.165, 1.54) is 6.92 Å². The van der Waals surface area contributed by atoms with Gasteiger partial charge in [0.1, 0.15) is 16.9 Å². The topological polar surface area (TPSA) is 105 Å². The molecule has 17 heavy (non-hydrogen) atoms. The van der Waals surface area contributed by atoms with E-state index < -0.39 is 22.6 Å². The quantitative estimate of drug-likeness (QED) is 0.472. The Morgan fingerprint density at radius 2 is 2.41 bits per heavy atom. The third-order valence-corrected chi connectivity index (χ3v) is 2.06. The molecule has 1 atom stereocenters. The highest BCUT2D eigenvalue weighted by atomic mass is 35.5. The zero-order valence-electron chi connectivity index (χ0n) is 8.88. The lowest BCUT2D eigenvalue weighted by molar-refractivity contribution is -0.385. The van der Waals surface area contributed by atoms with Gasteiger partial charge in [0.25, 0.3) is 11.6 Å². The predicted octanol–water partition coefficient (Wildman–Crippen LogP) is 0.754. The van der Waals surface area contributed by atoms with Crippen LogP contribution >= 0.6 is 11.6 Å². The zero-order chi connectivity index (χ0) is 13.0. The minimum atomic E-state index is -0.740. The molecule has 0 saturated carbocycles. The maximum absolute atomic E-state index is 11.6. The fraction of sp³-hybridized carbons (Fsp3) is 0.333. The molecule has 0 aliphatic carbocycles. The fourth-order valence-corrected chi connectivity index (χ4v) is 1.24. The molecule has 0 radical (unpaired) electrons. The van der Waals surface area contributed by atoms with Gasteiger partial charge in [-0.2, -0.15) is 0 Å². The van der Waals surface area contributed by atoms with E-state index >= 15 is 0 Å². The highest BCUT2D eigenvalue weighted by Crippen LogP contribution is 2.19. The Kier molecular flexibility index (Phi) is 4.36. The standard InChI is InChI=1S/C9H10ClN3O4/c1-5(14)3-12-9(15)6-2-8(10)11-4-7(6)13(16)17/h2,4-5,14H,3H2,1H3,(H,12,15)/t5-/m0/s1. The molecule has 0 aromatic carbocycles. The van der Waals surface area contributed by atoms with Crippen molar-refractivity contribution in [3.63, 3.8) is 0 Å². The lowest BCUT2D eigenvalue weighted by Gasteiger charge is -2.07. The first-order valence-electron chi connectivity index (χ1n) is 4.68. The third kappa shape index (κ3) is 3.65. The summed E-state index contributed by atoms with van der Waals surface area (Å²) in [7, 11) is 0. The van der Waals surface area contributed by atoms with Crippen molar-refractivity contribution in [2.24, 2.45) is 0 Å². The normalized spacial score (nSPS) is 11.9. The minimum absolute atomic E-state index is 0.00404. The van der Waals surface area contributed by atoms with Gasteiger partial charge >= 0.3 is 0 Å². The number of carbonyl (C=O) groups excluding carboxylic acids is 1. The molecule has 1 rings (SSSR count). The van der Waals surface area contributed by atoms with Gasteiger partial charge in [-0.05, 0) is 13.0 Å². The number of halogens is 1. The summed E-state index contributed by atoms with van der Waals surface area (Å²) in [6, 6.07) is 1.11. The van der Waals surface area contributed by atoms with E-state index in [0.29, 0.717) is 0 Å². The molecule has 1 aromatic heterocycles. The smallest absolute Gasteiger partial charge is 0.300 e. The first kappa shape index (κ1) is 13.3. The van der Waals surface area contributed by atoms with E-state index in [-0.39, 0.29) is 17.3 Å². The summed E-state index contributed by atoms with van der Waals surface area (Å²) in [6.07, 6.45) is 0.176. The van der Waals surface area contributed by atoms with Gasteiger partial charge in [0.05, 0.1) is 11.0 Å². The largest absolute Gasteiger partial charge is 0.392 e. The van der Waals surface area contributed by atoms with E-state index in [2.05, 4.69) is 10.3 Å². The predicted molar refractivity (Wildman–Crippen MR) is 59.9 cm³/mol. The van der Waals surface area contributed by atoms with Crippen LogP contribution in [0.4, 0.5) is 5.69 Å². The van der Waals surface area contributed by atoms with E-state index in [0.717, 1.165) is 12.3 Å². The molecule has 1 aromatic rings. The molecule has 0 aliphatic heterocycles. The molecule has 8 heteroatoms. The highest BCUT2D eigenvalue weighted by Gasteiger charge is 2.21. The molecular weight excluding hydrogens is 250 g/mol. The van der Waals surface area contributed by atoms with E-state index in [9.17, 15) is 14.9 Å². The monoisotopic (exact) mass is 259 g/mol. The third-order valence-electron chi connectivity index (χ3n) is 1.85. The number of nitrogens with one attached hydrogen (secondary N) is 1. The average Bonchev–Trinajstić information content (AvgIpc) is 2.25. The Balaban J connectivity index is 2.98. The molecule has 7 nitrogen and oxygen atoms in total. The van der Waals surface area contributed by atoms with Gasteiger partial charge in [-0.1, -0.05) is 11.6 Å². The Labute approximate surface area is 102 Å². The van der Waals surface area contributed by atoms with Gasteiger partial charge in [-0.15, -0.1) is 0 Å². The van der Waals surface area contributed by atoms with Gasteiger partial charge < -0.3 is 10.4 Å². The SMILES string of the molecule is C[C@H](O)CNC(=O)c1cc(Cl)ncc1[N+](=O)[O-]. The first-order valence-corrected chi connectivity index (χ1v) is 5.06. The molecule has 0 fully saturated rings. The Morgan fingerprint density at radius 1 is 1.76 bits per heavy atom. The van der Waals surface area contributed by atoms with Crippen molar-refractivity contribution in [2.75, 3.05) is 6.54 Å².